The van der Waals surface area contributed by atoms with Crippen molar-refractivity contribution < 1.29 is 25.6 Å². The lowest BCUT2D eigenvalue weighted by Gasteiger charge is -2.23. The fourth-order valence-electron chi connectivity index (χ4n) is 3.54. The van der Waals surface area contributed by atoms with Crippen molar-refractivity contribution in [3.63, 3.8) is 0 Å². The Labute approximate surface area is 190 Å². The van der Waals surface area contributed by atoms with Crippen LogP contribution in [0.5, 0.6) is 0 Å². The molecule has 0 fully saturated rings. The van der Waals surface area contributed by atoms with Crippen molar-refractivity contribution in [3.05, 3.63) is 95.6 Å². The predicted octanol–water partition coefficient (Wildman–Crippen LogP) is 3.88. The van der Waals surface area contributed by atoms with E-state index in [1.807, 2.05) is 0 Å². The molecule has 0 radical (unpaired) electrons. The van der Waals surface area contributed by atoms with Gasteiger partial charge in [-0.2, -0.15) is 17.9 Å². The van der Waals surface area contributed by atoms with Crippen LogP contribution in [0.2, 0.25) is 0 Å². The quantitative estimate of drug-likeness (QED) is 0.566. The van der Waals surface area contributed by atoms with Crippen LogP contribution in [0.15, 0.2) is 82.8 Å². The minimum absolute atomic E-state index is 0.0638. The molecule has 0 saturated heterocycles. The molecule has 1 aliphatic rings. The lowest BCUT2D eigenvalue weighted by molar-refractivity contribution is 0.362. The lowest BCUT2D eigenvalue weighted by atomic mass is 9.99. The Bertz CT molecular complexity index is 1440. The SMILES string of the molecule is CS(=O)(=O)Nc1ccc(C2=NN(S(=O)(=O)c3cccc(F)c3)[C@H](c3ccccc3F)C2)cc1. The van der Waals surface area contributed by atoms with Gasteiger partial charge >= 0.3 is 0 Å². The smallest absolute Gasteiger partial charge is 0.279 e. The average Bonchev–Trinajstić information content (AvgIpc) is 3.19. The van der Waals surface area contributed by atoms with E-state index in [1.54, 1.807) is 18.2 Å². The van der Waals surface area contributed by atoms with Crippen LogP contribution in [0.25, 0.3) is 0 Å². The molecule has 1 aliphatic heterocycles. The van der Waals surface area contributed by atoms with Gasteiger partial charge in [0.2, 0.25) is 10.0 Å². The van der Waals surface area contributed by atoms with Gasteiger partial charge in [-0.05, 0) is 42.0 Å². The number of benzene rings is 3. The molecular weight excluding hydrogens is 472 g/mol. The Hall–Kier alpha value is -3.31. The molecule has 3 aromatic carbocycles. The first-order valence-corrected chi connectivity index (χ1v) is 13.1. The zero-order valence-corrected chi connectivity index (χ0v) is 18.9. The van der Waals surface area contributed by atoms with E-state index in [1.165, 1.54) is 42.5 Å². The molecular formula is C22H19F2N3O4S2. The van der Waals surface area contributed by atoms with Crippen LogP contribution in [-0.4, -0.2) is 33.2 Å². The molecule has 1 heterocycles. The minimum Gasteiger partial charge on any atom is -0.284 e. The van der Waals surface area contributed by atoms with Crippen LogP contribution in [0.4, 0.5) is 14.5 Å². The first-order valence-electron chi connectivity index (χ1n) is 9.75. The number of halogens is 2. The third kappa shape index (κ3) is 4.88. The number of sulfonamides is 2. The molecule has 1 N–H and O–H groups in total. The van der Waals surface area contributed by atoms with Gasteiger partial charge in [0.05, 0.1) is 22.9 Å². The summed E-state index contributed by atoms with van der Waals surface area (Å²) in [5.41, 5.74) is 1.35. The maximum absolute atomic E-state index is 14.6. The summed E-state index contributed by atoms with van der Waals surface area (Å²) in [7, 11) is -7.76. The van der Waals surface area contributed by atoms with Gasteiger partial charge in [0.15, 0.2) is 0 Å². The second-order valence-electron chi connectivity index (χ2n) is 7.47. The van der Waals surface area contributed by atoms with Crippen molar-refractivity contribution in [3.8, 4) is 0 Å². The van der Waals surface area contributed by atoms with E-state index in [0.717, 1.165) is 22.8 Å². The van der Waals surface area contributed by atoms with Crippen LogP contribution in [0, 0.1) is 11.6 Å². The van der Waals surface area contributed by atoms with Gasteiger partial charge in [0.25, 0.3) is 10.0 Å². The molecule has 0 unspecified atom stereocenters. The van der Waals surface area contributed by atoms with Gasteiger partial charge in [0.1, 0.15) is 11.6 Å². The van der Waals surface area contributed by atoms with E-state index < -0.39 is 37.7 Å². The van der Waals surface area contributed by atoms with E-state index in [2.05, 4.69) is 9.82 Å². The Morgan fingerprint density at radius 1 is 0.939 bits per heavy atom. The molecule has 0 bridgehead atoms. The highest BCUT2D eigenvalue weighted by atomic mass is 32.2. The molecule has 11 heteroatoms. The molecule has 1 atom stereocenters. The fraction of sp³-hybridized carbons (Fsp3) is 0.136. The number of hydrogen-bond acceptors (Lipinski definition) is 5. The molecule has 0 amide bonds. The number of hydrazone groups is 1. The summed E-state index contributed by atoms with van der Waals surface area (Å²) in [5.74, 6) is -1.32. The van der Waals surface area contributed by atoms with Gasteiger partial charge in [0, 0.05) is 17.7 Å². The summed E-state index contributed by atoms with van der Waals surface area (Å²) in [5, 5.41) is 4.27. The van der Waals surface area contributed by atoms with Crippen LogP contribution < -0.4 is 4.72 Å². The van der Waals surface area contributed by atoms with Gasteiger partial charge in [-0.15, -0.1) is 0 Å². The summed E-state index contributed by atoms with van der Waals surface area (Å²) >= 11 is 0. The summed E-state index contributed by atoms with van der Waals surface area (Å²) in [6, 6.07) is 15.5. The van der Waals surface area contributed by atoms with E-state index in [4.69, 9.17) is 0 Å². The number of rotatable bonds is 6. The standard InChI is InChI=1S/C22H19F2N3O4S2/c1-32(28,29)26-17-11-9-15(10-12-17)21-14-22(19-7-2-3-8-20(19)24)27(25-21)33(30,31)18-6-4-5-16(23)13-18/h2-13,22,26H,14H2,1H3/t22-/m0/s1. The molecule has 7 nitrogen and oxygen atoms in total. The van der Waals surface area contributed by atoms with Crippen LogP contribution in [-0.2, 0) is 20.0 Å². The molecule has 172 valence electrons. The Balaban J connectivity index is 1.76. The first-order chi connectivity index (χ1) is 15.5. The van der Waals surface area contributed by atoms with Gasteiger partial charge in [-0.25, -0.2) is 17.2 Å². The highest BCUT2D eigenvalue weighted by Gasteiger charge is 2.39. The normalized spacial score (nSPS) is 16.5. The zero-order valence-electron chi connectivity index (χ0n) is 17.3. The van der Waals surface area contributed by atoms with Crippen molar-refractivity contribution in [2.75, 3.05) is 11.0 Å². The molecule has 3 aromatic rings. The van der Waals surface area contributed by atoms with E-state index >= 15 is 0 Å². The number of nitrogens with one attached hydrogen (secondary N) is 1. The van der Waals surface area contributed by atoms with Crippen LogP contribution in [0.1, 0.15) is 23.6 Å². The van der Waals surface area contributed by atoms with Crippen molar-refractivity contribution in [1.82, 2.24) is 4.41 Å². The topological polar surface area (TPSA) is 95.9 Å². The summed E-state index contributed by atoms with van der Waals surface area (Å²) in [6.45, 7) is 0. The number of nitrogens with zero attached hydrogens (tertiary/aromatic N) is 2. The van der Waals surface area contributed by atoms with Gasteiger partial charge in [-0.3, -0.25) is 4.72 Å². The second-order valence-corrected chi connectivity index (χ2v) is 11.0. The Morgan fingerprint density at radius 3 is 2.27 bits per heavy atom. The molecule has 4 rings (SSSR count). The second kappa shape index (κ2) is 8.56. The van der Waals surface area contributed by atoms with E-state index in [9.17, 15) is 25.6 Å². The molecule has 0 aliphatic carbocycles. The third-order valence-corrected chi connectivity index (χ3v) is 7.28. The average molecular weight is 492 g/mol. The van der Waals surface area contributed by atoms with Crippen LogP contribution >= 0.6 is 0 Å². The van der Waals surface area contributed by atoms with Gasteiger partial charge < -0.3 is 0 Å². The maximum Gasteiger partial charge on any atom is 0.279 e. The van der Waals surface area contributed by atoms with Crippen molar-refractivity contribution in [1.29, 1.82) is 0 Å². The highest BCUT2D eigenvalue weighted by Crippen LogP contribution is 2.38. The lowest BCUT2D eigenvalue weighted by Crippen LogP contribution is -2.28. The summed E-state index contributed by atoms with van der Waals surface area (Å²) in [4.78, 5) is -0.304. The van der Waals surface area contributed by atoms with Gasteiger partial charge in [-0.1, -0.05) is 36.4 Å². The number of anilines is 1. The highest BCUT2D eigenvalue weighted by molar-refractivity contribution is 7.92. The van der Waals surface area contributed by atoms with Crippen molar-refractivity contribution in [2.45, 2.75) is 17.4 Å². The summed E-state index contributed by atoms with van der Waals surface area (Å²) in [6.07, 6.45) is 1.09. The summed E-state index contributed by atoms with van der Waals surface area (Å²) < 4.78 is 81.0. The van der Waals surface area contributed by atoms with Crippen molar-refractivity contribution >= 4 is 31.4 Å². The monoisotopic (exact) mass is 491 g/mol. The molecule has 33 heavy (non-hydrogen) atoms. The Morgan fingerprint density at radius 2 is 1.64 bits per heavy atom. The first kappa shape index (κ1) is 22.9. The number of hydrogen-bond donors (Lipinski definition) is 1. The van der Waals surface area contributed by atoms with Crippen molar-refractivity contribution in [2.24, 2.45) is 5.10 Å². The molecule has 0 saturated carbocycles. The molecule has 0 spiro atoms. The molecule has 0 aromatic heterocycles. The Kier molecular flexibility index (Phi) is 5.93. The minimum atomic E-state index is -4.30. The largest absolute Gasteiger partial charge is 0.284 e. The fourth-order valence-corrected chi connectivity index (χ4v) is 5.56. The third-order valence-electron chi connectivity index (χ3n) is 5.00. The predicted molar refractivity (Wildman–Crippen MR) is 121 cm³/mol. The maximum atomic E-state index is 14.6. The zero-order chi connectivity index (χ0) is 23.8. The van der Waals surface area contributed by atoms with E-state index in [0.29, 0.717) is 17.0 Å². The van der Waals surface area contributed by atoms with E-state index in [-0.39, 0.29) is 16.9 Å². The van der Waals surface area contributed by atoms with Crippen LogP contribution in [0.3, 0.4) is 0 Å².